The second-order valence-electron chi connectivity index (χ2n) is 6.45. The molecule has 1 amide bonds. The molecule has 2 N–H and O–H groups in total. The Balaban J connectivity index is 1.52. The van der Waals surface area contributed by atoms with Crippen molar-refractivity contribution in [2.45, 2.75) is 25.8 Å². The first-order chi connectivity index (χ1) is 11.1. The average Bonchev–Trinajstić information content (AvgIpc) is 2.90. The fourth-order valence-electron chi connectivity index (χ4n) is 3.29. The average molecular weight is 313 g/mol. The lowest BCUT2D eigenvalue weighted by Gasteiger charge is -2.48. The lowest BCUT2D eigenvalue weighted by Crippen LogP contribution is -2.62. The minimum Gasteiger partial charge on any atom is -0.369 e. The first-order valence-corrected chi connectivity index (χ1v) is 7.96. The van der Waals surface area contributed by atoms with Crippen LogP contribution in [0.1, 0.15) is 24.2 Å². The number of aryl methyl sites for hydroxylation is 2. The molecule has 1 aliphatic rings. The van der Waals surface area contributed by atoms with E-state index >= 15 is 0 Å². The Labute approximate surface area is 136 Å². The van der Waals surface area contributed by atoms with Crippen LogP contribution in [0, 0.1) is 5.41 Å². The van der Waals surface area contributed by atoms with Gasteiger partial charge < -0.3 is 10.3 Å². The summed E-state index contributed by atoms with van der Waals surface area (Å²) in [5.41, 5.74) is 6.56. The molecule has 0 aliphatic carbocycles. The second kappa shape index (κ2) is 6.50. The summed E-state index contributed by atoms with van der Waals surface area (Å²) in [6, 6.07) is 4.04. The molecular formula is C17H23N5O. The maximum atomic E-state index is 11.9. The number of likely N-dealkylation sites (tertiary alicyclic amines) is 1. The molecule has 0 spiro atoms. The van der Waals surface area contributed by atoms with Crippen LogP contribution in [0.3, 0.4) is 0 Å². The Morgan fingerprint density at radius 2 is 2.04 bits per heavy atom. The molecule has 1 saturated heterocycles. The molecule has 0 radical (unpaired) electrons. The summed E-state index contributed by atoms with van der Waals surface area (Å²) in [6.45, 7) is 2.22. The standard InChI is InChI=1S/C17H23N5O/c1-21-10-9-20-15(21)11-22-12-17(13-22,16(18)23)6-2-3-14-4-7-19-8-5-14/h4-5,7-10H,2-3,6,11-13H2,1H3,(H2,18,23). The third kappa shape index (κ3) is 3.42. The number of pyridine rings is 1. The molecule has 0 aromatic carbocycles. The molecule has 0 saturated carbocycles. The van der Waals surface area contributed by atoms with Crippen molar-refractivity contribution in [2.24, 2.45) is 18.2 Å². The number of nitrogens with two attached hydrogens (primary N) is 1. The van der Waals surface area contributed by atoms with Gasteiger partial charge in [-0.2, -0.15) is 0 Å². The maximum absolute atomic E-state index is 11.9. The molecule has 6 nitrogen and oxygen atoms in total. The van der Waals surface area contributed by atoms with Crippen molar-refractivity contribution < 1.29 is 4.79 Å². The predicted molar refractivity (Wildman–Crippen MR) is 87.3 cm³/mol. The summed E-state index contributed by atoms with van der Waals surface area (Å²) in [7, 11) is 1.98. The minimum absolute atomic E-state index is 0.177. The monoisotopic (exact) mass is 313 g/mol. The highest BCUT2D eigenvalue weighted by Gasteiger charge is 2.47. The van der Waals surface area contributed by atoms with Gasteiger partial charge in [0.1, 0.15) is 5.82 Å². The molecule has 0 atom stereocenters. The summed E-state index contributed by atoms with van der Waals surface area (Å²) < 4.78 is 2.01. The normalized spacial score (nSPS) is 16.9. The van der Waals surface area contributed by atoms with Crippen LogP contribution in [0.25, 0.3) is 0 Å². The quantitative estimate of drug-likeness (QED) is 0.831. The van der Waals surface area contributed by atoms with Crippen molar-refractivity contribution in [2.75, 3.05) is 13.1 Å². The number of carbonyl (C=O) groups excluding carboxylic acids is 1. The van der Waals surface area contributed by atoms with Crippen molar-refractivity contribution >= 4 is 5.91 Å². The highest BCUT2D eigenvalue weighted by atomic mass is 16.1. The van der Waals surface area contributed by atoms with E-state index in [1.165, 1.54) is 5.56 Å². The van der Waals surface area contributed by atoms with Gasteiger partial charge in [-0.1, -0.05) is 0 Å². The summed E-state index contributed by atoms with van der Waals surface area (Å²) in [5, 5.41) is 0. The lowest BCUT2D eigenvalue weighted by atomic mass is 9.74. The van der Waals surface area contributed by atoms with E-state index < -0.39 is 0 Å². The first-order valence-electron chi connectivity index (χ1n) is 7.96. The van der Waals surface area contributed by atoms with Gasteiger partial charge in [0.05, 0.1) is 12.0 Å². The number of hydrogen-bond donors (Lipinski definition) is 1. The van der Waals surface area contributed by atoms with Gasteiger partial charge in [0.2, 0.25) is 5.91 Å². The van der Waals surface area contributed by atoms with Crippen LogP contribution < -0.4 is 5.73 Å². The number of carbonyl (C=O) groups is 1. The van der Waals surface area contributed by atoms with Gasteiger partial charge in [-0.25, -0.2) is 4.98 Å². The number of amides is 1. The van der Waals surface area contributed by atoms with Crippen LogP contribution in [0.4, 0.5) is 0 Å². The number of imidazole rings is 1. The molecule has 122 valence electrons. The van der Waals surface area contributed by atoms with Gasteiger partial charge in [0, 0.05) is 44.9 Å². The van der Waals surface area contributed by atoms with Crippen LogP contribution in [-0.2, 0) is 24.8 Å². The van der Waals surface area contributed by atoms with Crippen LogP contribution in [-0.4, -0.2) is 38.4 Å². The highest BCUT2D eigenvalue weighted by Crippen LogP contribution is 2.36. The van der Waals surface area contributed by atoms with Crippen molar-refractivity contribution in [1.82, 2.24) is 19.4 Å². The van der Waals surface area contributed by atoms with E-state index in [-0.39, 0.29) is 11.3 Å². The van der Waals surface area contributed by atoms with Gasteiger partial charge in [-0.15, -0.1) is 0 Å². The SMILES string of the molecule is Cn1ccnc1CN1CC(CCCc2ccncc2)(C(N)=O)C1. The summed E-state index contributed by atoms with van der Waals surface area (Å²) in [5.74, 6) is 0.836. The smallest absolute Gasteiger partial charge is 0.226 e. The molecule has 2 aromatic rings. The van der Waals surface area contributed by atoms with Gasteiger partial charge in [-0.05, 0) is 37.0 Å². The summed E-state index contributed by atoms with van der Waals surface area (Å²) in [6.07, 6.45) is 10.1. The van der Waals surface area contributed by atoms with Crippen LogP contribution in [0.2, 0.25) is 0 Å². The molecule has 0 bridgehead atoms. The summed E-state index contributed by atoms with van der Waals surface area (Å²) in [4.78, 5) is 22.5. The fourth-order valence-corrected chi connectivity index (χ4v) is 3.29. The van der Waals surface area contributed by atoms with Gasteiger partial charge >= 0.3 is 0 Å². The third-order valence-corrected chi connectivity index (χ3v) is 4.73. The highest BCUT2D eigenvalue weighted by molar-refractivity contribution is 5.82. The fraction of sp³-hybridized carbons (Fsp3) is 0.471. The molecule has 3 rings (SSSR count). The van der Waals surface area contributed by atoms with Crippen molar-refractivity contribution in [3.05, 3.63) is 48.3 Å². The van der Waals surface area contributed by atoms with Crippen LogP contribution in [0.5, 0.6) is 0 Å². The van der Waals surface area contributed by atoms with E-state index in [9.17, 15) is 4.79 Å². The molecule has 1 aliphatic heterocycles. The molecule has 3 heterocycles. The molecular weight excluding hydrogens is 290 g/mol. The maximum Gasteiger partial charge on any atom is 0.226 e. The predicted octanol–water partition coefficient (Wildman–Crippen LogP) is 1.13. The molecule has 1 fully saturated rings. The van der Waals surface area contributed by atoms with E-state index in [4.69, 9.17) is 5.73 Å². The van der Waals surface area contributed by atoms with E-state index in [0.29, 0.717) is 0 Å². The van der Waals surface area contributed by atoms with E-state index in [0.717, 1.165) is 44.7 Å². The Bertz CT molecular complexity index is 661. The van der Waals surface area contributed by atoms with E-state index in [1.54, 1.807) is 18.6 Å². The van der Waals surface area contributed by atoms with Gasteiger partial charge in [0.25, 0.3) is 0 Å². The van der Waals surface area contributed by atoms with E-state index in [1.807, 2.05) is 29.9 Å². The number of hydrogen-bond acceptors (Lipinski definition) is 4. The zero-order chi connectivity index (χ0) is 16.3. The molecule has 2 aromatic heterocycles. The topological polar surface area (TPSA) is 77.0 Å². The van der Waals surface area contributed by atoms with Crippen molar-refractivity contribution in [3.63, 3.8) is 0 Å². The first kappa shape index (κ1) is 15.7. The van der Waals surface area contributed by atoms with Gasteiger partial charge in [-0.3, -0.25) is 14.7 Å². The third-order valence-electron chi connectivity index (χ3n) is 4.73. The number of nitrogens with zero attached hydrogens (tertiary/aromatic N) is 4. The Morgan fingerprint density at radius 1 is 1.30 bits per heavy atom. The molecule has 6 heteroatoms. The molecule has 23 heavy (non-hydrogen) atoms. The zero-order valence-electron chi connectivity index (χ0n) is 13.5. The molecule has 0 unspecified atom stereocenters. The number of aromatic nitrogens is 3. The van der Waals surface area contributed by atoms with Crippen molar-refractivity contribution in [1.29, 1.82) is 0 Å². The largest absolute Gasteiger partial charge is 0.369 e. The lowest BCUT2D eigenvalue weighted by molar-refractivity contribution is -0.140. The van der Waals surface area contributed by atoms with Crippen LogP contribution in [0.15, 0.2) is 36.9 Å². The Morgan fingerprint density at radius 3 is 2.65 bits per heavy atom. The van der Waals surface area contributed by atoms with E-state index in [2.05, 4.69) is 14.9 Å². The van der Waals surface area contributed by atoms with Crippen LogP contribution >= 0.6 is 0 Å². The minimum atomic E-state index is -0.377. The zero-order valence-corrected chi connectivity index (χ0v) is 13.5. The summed E-state index contributed by atoms with van der Waals surface area (Å²) >= 11 is 0. The van der Waals surface area contributed by atoms with Gasteiger partial charge in [0.15, 0.2) is 0 Å². The Kier molecular flexibility index (Phi) is 4.43. The number of rotatable bonds is 7. The Hall–Kier alpha value is -2.21. The number of primary amides is 1. The van der Waals surface area contributed by atoms with Crippen molar-refractivity contribution in [3.8, 4) is 0 Å². The second-order valence-corrected chi connectivity index (χ2v) is 6.45.